The van der Waals surface area contributed by atoms with Gasteiger partial charge in [-0.05, 0) is 42.5 Å². The summed E-state index contributed by atoms with van der Waals surface area (Å²) < 4.78 is 13.3. The number of aromatic nitrogens is 1. The topological polar surface area (TPSA) is 62.3 Å². The molecule has 1 aromatic carbocycles. The molecule has 29 heavy (non-hydrogen) atoms. The van der Waals surface area contributed by atoms with Gasteiger partial charge in [0, 0.05) is 30.0 Å². The number of nitrogens with one attached hydrogen (secondary N) is 1. The monoisotopic (exact) mass is 429 g/mol. The Balaban J connectivity index is 1.26. The van der Waals surface area contributed by atoms with E-state index in [9.17, 15) is 14.0 Å². The van der Waals surface area contributed by atoms with Crippen LogP contribution in [-0.2, 0) is 11.3 Å². The van der Waals surface area contributed by atoms with Gasteiger partial charge in [-0.2, -0.15) is 0 Å². The predicted molar refractivity (Wildman–Crippen MR) is 112 cm³/mol. The number of carbonyl (C=O) groups is 2. The molecule has 0 atom stereocenters. The largest absolute Gasteiger partial charge is 0.350 e. The number of amides is 2. The molecular weight excluding hydrogens is 409 g/mol. The molecule has 4 rings (SSSR count). The summed E-state index contributed by atoms with van der Waals surface area (Å²) in [6.07, 6.45) is 1.20. The van der Waals surface area contributed by atoms with Gasteiger partial charge in [-0.25, -0.2) is 9.37 Å². The third-order valence-electron chi connectivity index (χ3n) is 4.95. The number of thiophene rings is 1. The van der Waals surface area contributed by atoms with Gasteiger partial charge in [0.25, 0.3) is 5.91 Å². The Kier molecular flexibility index (Phi) is 6.01. The van der Waals surface area contributed by atoms with Crippen LogP contribution < -0.4 is 5.32 Å². The fraction of sp³-hybridized carbons (Fsp3) is 0.286. The van der Waals surface area contributed by atoms with Crippen LogP contribution in [0.15, 0.2) is 47.2 Å². The number of hydrogen-bond donors (Lipinski definition) is 1. The summed E-state index contributed by atoms with van der Waals surface area (Å²) in [5.41, 5.74) is 1.20. The molecule has 8 heteroatoms. The molecule has 3 aromatic rings. The third-order valence-corrected chi connectivity index (χ3v) is 6.88. The molecule has 1 saturated heterocycles. The van der Waals surface area contributed by atoms with E-state index in [1.165, 1.54) is 18.2 Å². The molecule has 1 aliphatic rings. The van der Waals surface area contributed by atoms with Gasteiger partial charge < -0.3 is 10.2 Å². The van der Waals surface area contributed by atoms with E-state index in [1.54, 1.807) is 33.6 Å². The Morgan fingerprint density at radius 1 is 1.17 bits per heavy atom. The lowest BCUT2D eigenvalue weighted by molar-refractivity contribution is -0.126. The maximum absolute atomic E-state index is 13.3. The second kappa shape index (κ2) is 8.84. The first-order chi connectivity index (χ1) is 14.1. The van der Waals surface area contributed by atoms with Crippen molar-refractivity contribution in [3.05, 3.63) is 64.2 Å². The molecule has 1 fully saturated rings. The lowest BCUT2D eigenvalue weighted by Gasteiger charge is -2.31. The first-order valence-corrected chi connectivity index (χ1v) is 11.2. The van der Waals surface area contributed by atoms with Gasteiger partial charge in [0.1, 0.15) is 10.8 Å². The van der Waals surface area contributed by atoms with E-state index in [2.05, 4.69) is 10.3 Å². The van der Waals surface area contributed by atoms with Crippen LogP contribution in [-0.4, -0.2) is 34.8 Å². The number of halogens is 1. The molecule has 3 heterocycles. The average Bonchev–Trinajstić information content (AvgIpc) is 3.43. The first kappa shape index (κ1) is 19.7. The van der Waals surface area contributed by atoms with Crippen molar-refractivity contribution in [1.29, 1.82) is 0 Å². The second-order valence-corrected chi connectivity index (χ2v) is 8.72. The van der Waals surface area contributed by atoms with Crippen molar-refractivity contribution in [3.63, 3.8) is 0 Å². The van der Waals surface area contributed by atoms with Crippen LogP contribution in [0, 0.1) is 11.7 Å². The van der Waals surface area contributed by atoms with Crippen LogP contribution in [0.5, 0.6) is 0 Å². The minimum absolute atomic E-state index is 0.00599. The molecule has 0 aliphatic carbocycles. The van der Waals surface area contributed by atoms with Crippen LogP contribution in [0.1, 0.15) is 28.9 Å². The molecule has 5 nitrogen and oxygen atoms in total. The van der Waals surface area contributed by atoms with E-state index in [0.29, 0.717) is 38.0 Å². The van der Waals surface area contributed by atoms with Crippen molar-refractivity contribution in [1.82, 2.24) is 15.2 Å². The fourth-order valence-corrected chi connectivity index (χ4v) is 5.01. The molecule has 1 aliphatic heterocycles. The molecule has 2 aromatic heterocycles. The second-order valence-electron chi connectivity index (χ2n) is 6.92. The standard InChI is InChI=1S/C21H20FN3O2S2/c22-16-4-1-3-15(11-16)21(27)25-8-6-14(7-9-25)19(26)23-12-17-13-29-20(24-17)18-5-2-10-28-18/h1-5,10-11,13-14H,6-9,12H2,(H,23,26). The van der Waals surface area contributed by atoms with Crippen molar-refractivity contribution in [3.8, 4) is 9.88 Å². The summed E-state index contributed by atoms with van der Waals surface area (Å²) in [6.45, 7) is 1.39. The zero-order valence-electron chi connectivity index (χ0n) is 15.6. The Morgan fingerprint density at radius 3 is 2.72 bits per heavy atom. The molecule has 150 valence electrons. The van der Waals surface area contributed by atoms with E-state index in [4.69, 9.17) is 0 Å². The van der Waals surface area contributed by atoms with Gasteiger partial charge in [-0.15, -0.1) is 22.7 Å². The number of nitrogens with zero attached hydrogens (tertiary/aromatic N) is 2. The Morgan fingerprint density at radius 2 is 2.00 bits per heavy atom. The molecule has 2 amide bonds. The first-order valence-electron chi connectivity index (χ1n) is 9.41. The van der Waals surface area contributed by atoms with E-state index in [-0.39, 0.29) is 17.7 Å². The van der Waals surface area contributed by atoms with Crippen molar-refractivity contribution >= 4 is 34.5 Å². The molecule has 0 bridgehead atoms. The number of benzene rings is 1. The summed E-state index contributed by atoms with van der Waals surface area (Å²) in [6, 6.07) is 9.74. The zero-order chi connectivity index (χ0) is 20.2. The van der Waals surface area contributed by atoms with Crippen LogP contribution in [0.3, 0.4) is 0 Å². The highest BCUT2D eigenvalue weighted by Gasteiger charge is 2.28. The fourth-order valence-electron chi connectivity index (χ4n) is 3.37. The van der Waals surface area contributed by atoms with E-state index in [1.807, 2.05) is 22.9 Å². The van der Waals surface area contributed by atoms with Gasteiger partial charge in [-0.1, -0.05) is 12.1 Å². The Hall–Kier alpha value is -2.58. The average molecular weight is 430 g/mol. The van der Waals surface area contributed by atoms with Gasteiger partial charge in [0.2, 0.25) is 5.91 Å². The number of carbonyl (C=O) groups excluding carboxylic acids is 2. The van der Waals surface area contributed by atoms with Crippen LogP contribution in [0.2, 0.25) is 0 Å². The summed E-state index contributed by atoms with van der Waals surface area (Å²) in [4.78, 5) is 32.4. The zero-order valence-corrected chi connectivity index (χ0v) is 17.3. The highest BCUT2D eigenvalue weighted by Crippen LogP contribution is 2.28. The Bertz CT molecular complexity index is 995. The minimum Gasteiger partial charge on any atom is -0.350 e. The number of rotatable bonds is 5. The van der Waals surface area contributed by atoms with E-state index < -0.39 is 5.82 Å². The van der Waals surface area contributed by atoms with Crippen LogP contribution >= 0.6 is 22.7 Å². The maximum Gasteiger partial charge on any atom is 0.253 e. The summed E-state index contributed by atoms with van der Waals surface area (Å²) in [5, 5.41) is 7.92. The molecular formula is C21H20FN3O2S2. The number of likely N-dealkylation sites (tertiary alicyclic amines) is 1. The lowest BCUT2D eigenvalue weighted by atomic mass is 9.95. The van der Waals surface area contributed by atoms with E-state index in [0.717, 1.165) is 15.6 Å². The van der Waals surface area contributed by atoms with Crippen LogP contribution in [0.25, 0.3) is 9.88 Å². The summed E-state index contributed by atoms with van der Waals surface area (Å²) in [5.74, 6) is -0.739. The lowest BCUT2D eigenvalue weighted by Crippen LogP contribution is -2.43. The van der Waals surface area contributed by atoms with Crippen LogP contribution in [0.4, 0.5) is 4.39 Å². The van der Waals surface area contributed by atoms with Gasteiger partial charge in [0.15, 0.2) is 0 Å². The predicted octanol–water partition coefficient (Wildman–Crippen LogP) is 4.18. The smallest absolute Gasteiger partial charge is 0.253 e. The van der Waals surface area contributed by atoms with Crippen molar-refractivity contribution in [2.24, 2.45) is 5.92 Å². The highest BCUT2D eigenvalue weighted by molar-refractivity contribution is 7.20. The highest BCUT2D eigenvalue weighted by atomic mass is 32.1. The molecule has 1 N–H and O–H groups in total. The third kappa shape index (κ3) is 4.71. The number of thiazole rings is 1. The minimum atomic E-state index is -0.422. The van der Waals surface area contributed by atoms with Crippen molar-refractivity contribution in [2.45, 2.75) is 19.4 Å². The van der Waals surface area contributed by atoms with Gasteiger partial charge in [0.05, 0.1) is 17.1 Å². The van der Waals surface area contributed by atoms with Gasteiger partial charge >= 0.3 is 0 Å². The molecule has 0 saturated carbocycles. The maximum atomic E-state index is 13.3. The van der Waals surface area contributed by atoms with Crippen molar-refractivity contribution in [2.75, 3.05) is 13.1 Å². The molecule has 0 unspecified atom stereocenters. The number of piperidine rings is 1. The van der Waals surface area contributed by atoms with Gasteiger partial charge in [-0.3, -0.25) is 9.59 Å². The molecule has 0 radical (unpaired) electrons. The quantitative estimate of drug-likeness (QED) is 0.662. The van der Waals surface area contributed by atoms with Crippen molar-refractivity contribution < 1.29 is 14.0 Å². The van der Waals surface area contributed by atoms with E-state index >= 15 is 0 Å². The molecule has 0 spiro atoms. The Labute approximate surface area is 176 Å². The normalized spacial score (nSPS) is 14.7. The number of hydrogen-bond acceptors (Lipinski definition) is 5. The summed E-state index contributed by atoms with van der Waals surface area (Å²) in [7, 11) is 0. The summed E-state index contributed by atoms with van der Waals surface area (Å²) >= 11 is 3.22. The SMILES string of the molecule is O=C(NCc1csc(-c2cccs2)n1)C1CCN(C(=O)c2cccc(F)c2)CC1.